The highest BCUT2D eigenvalue weighted by Gasteiger charge is 2.35. The Morgan fingerprint density at radius 1 is 1.22 bits per heavy atom. The third-order valence-corrected chi connectivity index (χ3v) is 3.19. The van der Waals surface area contributed by atoms with E-state index < -0.39 is 11.7 Å². The Balaban J connectivity index is 2.21. The van der Waals surface area contributed by atoms with Gasteiger partial charge in [-0.15, -0.1) is 0 Å². The molecule has 1 fully saturated rings. The van der Waals surface area contributed by atoms with Gasteiger partial charge in [0.1, 0.15) is 11.4 Å². The van der Waals surface area contributed by atoms with Crippen LogP contribution in [0.4, 0.5) is 19.0 Å². The topological polar surface area (TPSA) is 37.8 Å². The Morgan fingerprint density at radius 2 is 1.89 bits per heavy atom. The van der Waals surface area contributed by atoms with Crippen molar-refractivity contribution in [3.05, 3.63) is 17.0 Å². The molecule has 1 aliphatic carbocycles. The molecule has 0 spiro atoms. The smallest absolute Gasteiger partial charge is 0.367 e. The van der Waals surface area contributed by atoms with Crippen molar-refractivity contribution < 1.29 is 13.2 Å². The monoisotopic (exact) mass is 279 g/mol. The number of nitrogens with zero attached hydrogens (tertiary/aromatic N) is 2. The van der Waals surface area contributed by atoms with Crippen LogP contribution in [0, 0.1) is 0 Å². The zero-order valence-corrected chi connectivity index (χ0v) is 10.4. The largest absolute Gasteiger partial charge is 0.421 e. The van der Waals surface area contributed by atoms with Crippen molar-refractivity contribution in [1.29, 1.82) is 0 Å². The summed E-state index contributed by atoms with van der Waals surface area (Å²) in [6.45, 7) is 0. The maximum absolute atomic E-state index is 12.8. The zero-order valence-electron chi connectivity index (χ0n) is 9.60. The van der Waals surface area contributed by atoms with E-state index >= 15 is 0 Å². The first-order valence-corrected chi connectivity index (χ1v) is 6.21. The van der Waals surface area contributed by atoms with Crippen molar-refractivity contribution in [3.8, 4) is 0 Å². The van der Waals surface area contributed by atoms with Crippen molar-refractivity contribution in [1.82, 2.24) is 9.97 Å². The van der Waals surface area contributed by atoms with E-state index in [1.807, 2.05) is 0 Å². The van der Waals surface area contributed by atoms with Gasteiger partial charge in [0.05, 0.1) is 0 Å². The summed E-state index contributed by atoms with van der Waals surface area (Å²) >= 11 is 5.56. The fourth-order valence-electron chi connectivity index (χ4n) is 2.12. The van der Waals surface area contributed by atoms with E-state index in [2.05, 4.69) is 15.3 Å². The van der Waals surface area contributed by atoms with Crippen LogP contribution in [-0.2, 0) is 6.18 Å². The fourth-order valence-corrected chi connectivity index (χ4v) is 2.25. The second kappa shape index (κ2) is 5.30. The second-order valence-corrected chi connectivity index (χ2v) is 4.72. The molecule has 1 saturated carbocycles. The molecule has 2 rings (SSSR count). The van der Waals surface area contributed by atoms with E-state index in [4.69, 9.17) is 11.6 Å². The summed E-state index contributed by atoms with van der Waals surface area (Å²) in [6, 6.07) is 0.0332. The van der Waals surface area contributed by atoms with Crippen LogP contribution in [-0.4, -0.2) is 16.0 Å². The number of aromatic nitrogens is 2. The molecule has 1 heterocycles. The van der Waals surface area contributed by atoms with E-state index in [1.54, 1.807) is 0 Å². The van der Waals surface area contributed by atoms with Crippen molar-refractivity contribution >= 4 is 17.4 Å². The first kappa shape index (κ1) is 13.4. The Labute approximate surface area is 108 Å². The van der Waals surface area contributed by atoms with Gasteiger partial charge >= 0.3 is 6.18 Å². The third kappa shape index (κ3) is 3.25. The summed E-state index contributed by atoms with van der Waals surface area (Å²) in [5.41, 5.74) is -0.863. The number of alkyl halides is 3. The predicted octanol–water partition coefficient (Wildman–Crippen LogP) is 3.89. The Hall–Kier alpha value is -1.04. The molecule has 3 nitrogen and oxygen atoms in total. The maximum Gasteiger partial charge on any atom is 0.421 e. The molecule has 7 heteroatoms. The van der Waals surface area contributed by atoms with Gasteiger partial charge in [0.25, 0.3) is 0 Å². The highest BCUT2D eigenvalue weighted by molar-refractivity contribution is 6.28. The van der Waals surface area contributed by atoms with Gasteiger partial charge in [0.2, 0.25) is 5.28 Å². The van der Waals surface area contributed by atoms with Crippen molar-refractivity contribution in [3.63, 3.8) is 0 Å². The van der Waals surface area contributed by atoms with Crippen molar-refractivity contribution in [2.75, 3.05) is 5.32 Å². The number of anilines is 1. The number of hydrogen-bond donors (Lipinski definition) is 1. The van der Waals surface area contributed by atoms with Crippen LogP contribution in [0.25, 0.3) is 0 Å². The van der Waals surface area contributed by atoms with E-state index in [0.29, 0.717) is 0 Å². The van der Waals surface area contributed by atoms with Gasteiger partial charge in [-0.3, -0.25) is 0 Å². The molecule has 0 radical (unpaired) electrons. The van der Waals surface area contributed by atoms with Crippen molar-refractivity contribution in [2.24, 2.45) is 0 Å². The molecule has 18 heavy (non-hydrogen) atoms. The predicted molar refractivity (Wildman–Crippen MR) is 62.5 cm³/mol. The molecule has 0 saturated heterocycles. The van der Waals surface area contributed by atoms with Crippen LogP contribution < -0.4 is 5.32 Å². The summed E-state index contributed by atoms with van der Waals surface area (Å²) in [7, 11) is 0. The Morgan fingerprint density at radius 3 is 2.50 bits per heavy atom. The third-order valence-electron chi connectivity index (χ3n) is 3.01. The second-order valence-electron chi connectivity index (χ2n) is 4.38. The number of halogens is 4. The molecule has 0 bridgehead atoms. The van der Waals surface area contributed by atoms with Crippen LogP contribution in [0.5, 0.6) is 0 Å². The highest BCUT2D eigenvalue weighted by Crippen LogP contribution is 2.34. The fraction of sp³-hybridized carbons (Fsp3) is 0.636. The van der Waals surface area contributed by atoms with Crippen LogP contribution in [0.2, 0.25) is 5.28 Å². The van der Waals surface area contributed by atoms with Crippen LogP contribution in [0.1, 0.15) is 37.7 Å². The van der Waals surface area contributed by atoms with Crippen molar-refractivity contribution in [2.45, 2.75) is 44.3 Å². The van der Waals surface area contributed by atoms with Gasteiger partial charge in [-0.2, -0.15) is 13.2 Å². The lowest BCUT2D eigenvalue weighted by atomic mass is 9.95. The van der Waals surface area contributed by atoms with Gasteiger partial charge in [-0.05, 0) is 24.4 Å². The summed E-state index contributed by atoms with van der Waals surface area (Å²) < 4.78 is 38.3. The minimum atomic E-state index is -4.47. The lowest BCUT2D eigenvalue weighted by molar-refractivity contribution is -0.137. The van der Waals surface area contributed by atoms with Gasteiger partial charge in [-0.25, -0.2) is 9.97 Å². The number of hydrogen-bond acceptors (Lipinski definition) is 3. The molecular weight excluding hydrogens is 267 g/mol. The van der Waals surface area contributed by atoms with Crippen LogP contribution in [0.15, 0.2) is 6.20 Å². The van der Waals surface area contributed by atoms with E-state index in [9.17, 15) is 13.2 Å². The van der Waals surface area contributed by atoms with E-state index in [-0.39, 0.29) is 17.1 Å². The number of nitrogens with one attached hydrogen (secondary N) is 1. The molecule has 0 unspecified atom stereocenters. The minimum absolute atomic E-state index is 0.0332. The molecular formula is C11H13ClF3N3. The summed E-state index contributed by atoms with van der Waals surface area (Å²) in [4.78, 5) is 7.05. The molecule has 100 valence electrons. The molecule has 1 N–H and O–H groups in total. The SMILES string of the molecule is FC(F)(F)c1cnc(Cl)nc1NC1CCCCC1. The van der Waals surface area contributed by atoms with E-state index in [0.717, 1.165) is 38.3 Å². The highest BCUT2D eigenvalue weighted by atomic mass is 35.5. The quantitative estimate of drug-likeness (QED) is 0.835. The molecule has 1 aromatic rings. The standard InChI is InChI=1S/C11H13ClF3N3/c12-10-16-6-8(11(13,14)15)9(18-10)17-7-4-2-1-3-5-7/h6-7H,1-5H2,(H,16,17,18). The Bertz CT molecular complexity index is 416. The molecule has 0 atom stereocenters. The maximum atomic E-state index is 12.8. The molecule has 0 aliphatic heterocycles. The normalized spacial score (nSPS) is 17.8. The molecule has 0 amide bonds. The van der Waals surface area contributed by atoms with Crippen LogP contribution in [0.3, 0.4) is 0 Å². The zero-order chi connectivity index (χ0) is 13.2. The molecule has 1 aliphatic rings. The van der Waals surface area contributed by atoms with Gasteiger partial charge in [0, 0.05) is 12.2 Å². The van der Waals surface area contributed by atoms with Crippen LogP contribution >= 0.6 is 11.6 Å². The average molecular weight is 280 g/mol. The van der Waals surface area contributed by atoms with Gasteiger partial charge in [-0.1, -0.05) is 19.3 Å². The average Bonchev–Trinajstić information content (AvgIpc) is 2.28. The lowest BCUT2D eigenvalue weighted by Crippen LogP contribution is -2.25. The summed E-state index contributed by atoms with van der Waals surface area (Å²) in [5, 5.41) is 2.66. The first-order chi connectivity index (χ1) is 8.47. The number of rotatable bonds is 2. The Kier molecular flexibility index (Phi) is 3.94. The lowest BCUT2D eigenvalue weighted by Gasteiger charge is -2.24. The van der Waals surface area contributed by atoms with Gasteiger partial charge in [0.15, 0.2) is 0 Å². The molecule has 0 aromatic carbocycles. The minimum Gasteiger partial charge on any atom is -0.367 e. The first-order valence-electron chi connectivity index (χ1n) is 5.83. The van der Waals surface area contributed by atoms with Gasteiger partial charge < -0.3 is 5.32 Å². The summed E-state index contributed by atoms with van der Waals surface area (Å²) in [6.07, 6.45) is 1.16. The molecule has 1 aromatic heterocycles. The summed E-state index contributed by atoms with van der Waals surface area (Å²) in [5.74, 6) is -0.214. The van der Waals surface area contributed by atoms with E-state index in [1.165, 1.54) is 0 Å².